The van der Waals surface area contributed by atoms with E-state index in [1.807, 2.05) is 18.0 Å². The zero-order valence-electron chi connectivity index (χ0n) is 21.9. The molecule has 4 aromatic rings. The van der Waals surface area contributed by atoms with E-state index in [9.17, 15) is 28.0 Å². The minimum atomic E-state index is -4.67. The van der Waals surface area contributed by atoms with E-state index in [4.69, 9.17) is 9.47 Å². The van der Waals surface area contributed by atoms with Gasteiger partial charge < -0.3 is 23.9 Å². The molecule has 16 heteroatoms. The lowest BCUT2D eigenvalue weighted by Gasteiger charge is -2.35. The fourth-order valence-electron chi connectivity index (χ4n) is 4.20. The van der Waals surface area contributed by atoms with E-state index in [0.29, 0.717) is 25.4 Å². The number of likely N-dealkylation sites (tertiary alicyclic amines) is 1. The van der Waals surface area contributed by atoms with Gasteiger partial charge in [0.1, 0.15) is 40.5 Å². The largest absolute Gasteiger partial charge is 0.454 e. The zero-order valence-corrected chi connectivity index (χ0v) is 21.9. The molecule has 1 fully saturated rings. The number of nitrogens with one attached hydrogen (secondary N) is 2. The summed E-state index contributed by atoms with van der Waals surface area (Å²) in [6, 6.07) is 5.65. The van der Waals surface area contributed by atoms with Crippen LogP contribution in [-0.2, 0) is 25.0 Å². The van der Waals surface area contributed by atoms with Crippen LogP contribution >= 0.6 is 0 Å². The van der Waals surface area contributed by atoms with Crippen molar-refractivity contribution in [2.45, 2.75) is 12.3 Å². The summed E-state index contributed by atoms with van der Waals surface area (Å²) in [6.07, 6.45) is -2.20. The first-order valence-electron chi connectivity index (χ1n) is 12.0. The van der Waals surface area contributed by atoms with E-state index in [2.05, 4.69) is 25.6 Å². The molecule has 0 radical (unpaired) electrons. The SMILES string of the molecule is CN1CC(OC(=O)Nc2cc(Oc3cnc4nc(Nc5cc(C(F)(F)F)cn(C)c5=O)n(C)c4c3C#N)ccn2)C1. The summed E-state index contributed by atoms with van der Waals surface area (Å²) >= 11 is 0. The predicted octanol–water partition coefficient (Wildman–Crippen LogP) is 3.35. The molecule has 1 aliphatic heterocycles. The minimum Gasteiger partial charge on any atom is -0.454 e. The molecule has 0 spiro atoms. The van der Waals surface area contributed by atoms with Gasteiger partial charge in [0, 0.05) is 45.6 Å². The normalized spacial score (nSPS) is 13.9. The second-order valence-electron chi connectivity index (χ2n) is 9.31. The van der Waals surface area contributed by atoms with Gasteiger partial charge in [0.05, 0.1) is 11.8 Å². The third-order valence-electron chi connectivity index (χ3n) is 6.23. The average molecular weight is 570 g/mol. The van der Waals surface area contributed by atoms with Crippen molar-refractivity contribution in [3.63, 3.8) is 0 Å². The molecule has 1 aliphatic rings. The molecule has 0 unspecified atom stereocenters. The highest BCUT2D eigenvalue weighted by atomic mass is 19.4. The number of ether oxygens (including phenoxy) is 2. The highest BCUT2D eigenvalue weighted by Gasteiger charge is 2.32. The molecule has 1 amide bonds. The van der Waals surface area contributed by atoms with Gasteiger partial charge in [-0.15, -0.1) is 0 Å². The highest BCUT2D eigenvalue weighted by Crippen LogP contribution is 2.33. The van der Waals surface area contributed by atoms with Crippen molar-refractivity contribution in [3.8, 4) is 17.6 Å². The summed E-state index contributed by atoms with van der Waals surface area (Å²) < 4.78 is 53.2. The van der Waals surface area contributed by atoms with Gasteiger partial charge in [-0.05, 0) is 19.2 Å². The summed E-state index contributed by atoms with van der Waals surface area (Å²) in [5.41, 5.74) is -1.79. The van der Waals surface area contributed by atoms with Crippen molar-refractivity contribution in [2.24, 2.45) is 14.1 Å². The Hall–Kier alpha value is -5.17. The number of alkyl halides is 3. The number of amides is 1. The standard InChI is InChI=1S/C25H22F3N9O4/c1-35-11-15(12-35)41-24(39)33-19-7-14(4-5-30-19)40-18-9-31-21-20(16(18)8-29)37(3)23(34-21)32-17-6-13(25(26,27)28)10-36(2)22(17)38/h4-7,9-10,15H,11-12H2,1-3H3,(H,30,33,39)(H,31,32,34). The van der Waals surface area contributed by atoms with Crippen molar-refractivity contribution in [1.29, 1.82) is 5.26 Å². The number of halogens is 3. The molecule has 1 saturated heterocycles. The second-order valence-corrected chi connectivity index (χ2v) is 9.31. The second kappa shape index (κ2) is 10.4. The molecule has 41 heavy (non-hydrogen) atoms. The average Bonchev–Trinajstić information content (AvgIpc) is 3.20. The number of fused-ring (bicyclic) bond motifs is 1. The number of carbonyl (C=O) groups excluding carboxylic acids is 1. The molecule has 2 N–H and O–H groups in total. The smallest absolute Gasteiger partial charge is 0.417 e. The van der Waals surface area contributed by atoms with Gasteiger partial charge in [0.15, 0.2) is 11.4 Å². The first kappa shape index (κ1) is 27.4. The number of carbonyl (C=O) groups is 1. The zero-order chi connectivity index (χ0) is 29.5. The highest BCUT2D eigenvalue weighted by molar-refractivity contribution is 5.85. The topological polar surface area (TPSA) is 152 Å². The number of aryl methyl sites for hydroxylation is 2. The first-order valence-corrected chi connectivity index (χ1v) is 12.0. The van der Waals surface area contributed by atoms with Crippen LogP contribution in [-0.4, -0.2) is 61.3 Å². The van der Waals surface area contributed by atoms with Gasteiger partial charge in [-0.3, -0.25) is 15.0 Å². The number of anilines is 3. The van der Waals surface area contributed by atoms with E-state index in [0.717, 1.165) is 4.57 Å². The van der Waals surface area contributed by atoms with E-state index in [-0.39, 0.29) is 51.8 Å². The van der Waals surface area contributed by atoms with Crippen molar-refractivity contribution in [2.75, 3.05) is 30.8 Å². The van der Waals surface area contributed by atoms with Crippen LogP contribution in [0.4, 0.5) is 35.4 Å². The van der Waals surface area contributed by atoms with Crippen molar-refractivity contribution < 1.29 is 27.4 Å². The Bertz CT molecular complexity index is 1750. The monoisotopic (exact) mass is 569 g/mol. The Kier molecular flexibility index (Phi) is 6.97. The van der Waals surface area contributed by atoms with Crippen molar-refractivity contribution >= 4 is 34.7 Å². The van der Waals surface area contributed by atoms with Crippen LogP contribution in [0.1, 0.15) is 11.1 Å². The fourth-order valence-corrected chi connectivity index (χ4v) is 4.20. The predicted molar refractivity (Wildman–Crippen MR) is 139 cm³/mol. The molecule has 5 heterocycles. The molecular weight excluding hydrogens is 547 g/mol. The summed E-state index contributed by atoms with van der Waals surface area (Å²) in [7, 11) is 4.61. The van der Waals surface area contributed by atoms with E-state index >= 15 is 0 Å². The van der Waals surface area contributed by atoms with Gasteiger partial charge in [-0.25, -0.2) is 14.8 Å². The molecule has 0 saturated carbocycles. The van der Waals surface area contributed by atoms with Gasteiger partial charge in [-0.1, -0.05) is 0 Å². The molecule has 0 aromatic carbocycles. The maximum Gasteiger partial charge on any atom is 0.417 e. The minimum absolute atomic E-state index is 0.0230. The van der Waals surface area contributed by atoms with Gasteiger partial charge in [0.2, 0.25) is 5.95 Å². The molecular formula is C25H22F3N9O4. The molecule has 0 atom stereocenters. The quantitative estimate of drug-likeness (QED) is 0.354. The number of hydrogen-bond donors (Lipinski definition) is 2. The number of nitrogens with zero attached hydrogens (tertiary/aromatic N) is 7. The lowest BCUT2D eigenvalue weighted by molar-refractivity contribution is -0.138. The molecule has 5 rings (SSSR count). The van der Waals surface area contributed by atoms with Crippen LogP contribution in [0.5, 0.6) is 11.5 Å². The number of pyridine rings is 3. The van der Waals surface area contributed by atoms with Crippen molar-refractivity contribution in [1.82, 2.24) is 29.0 Å². The Morgan fingerprint density at radius 2 is 1.95 bits per heavy atom. The number of imidazole rings is 1. The Morgan fingerprint density at radius 3 is 2.63 bits per heavy atom. The lowest BCUT2D eigenvalue weighted by Crippen LogP contribution is -2.50. The fraction of sp³-hybridized carbons (Fsp3) is 0.280. The maximum atomic E-state index is 13.3. The Balaban J connectivity index is 1.41. The third-order valence-corrected chi connectivity index (χ3v) is 6.23. The molecule has 0 aliphatic carbocycles. The van der Waals surface area contributed by atoms with E-state index in [1.165, 1.54) is 43.2 Å². The van der Waals surface area contributed by atoms with Crippen LogP contribution < -0.4 is 20.9 Å². The summed E-state index contributed by atoms with van der Waals surface area (Å²) in [5, 5.41) is 15.1. The number of hydrogen-bond acceptors (Lipinski definition) is 10. The number of rotatable bonds is 6. The summed E-state index contributed by atoms with van der Waals surface area (Å²) in [6.45, 7) is 1.27. The van der Waals surface area contributed by atoms with E-state index < -0.39 is 23.4 Å². The lowest BCUT2D eigenvalue weighted by atomic mass is 10.2. The number of likely N-dealkylation sites (N-methyl/N-ethyl adjacent to an activating group) is 1. The van der Waals surface area contributed by atoms with Gasteiger partial charge >= 0.3 is 12.3 Å². The Labute approximate surface area is 229 Å². The van der Waals surface area contributed by atoms with Gasteiger partial charge in [-0.2, -0.15) is 23.4 Å². The Morgan fingerprint density at radius 1 is 1.20 bits per heavy atom. The van der Waals surface area contributed by atoms with Crippen LogP contribution in [0.2, 0.25) is 0 Å². The molecule has 212 valence electrons. The van der Waals surface area contributed by atoms with Crippen molar-refractivity contribution in [3.05, 3.63) is 58.3 Å². The third kappa shape index (κ3) is 5.61. The van der Waals surface area contributed by atoms with Crippen LogP contribution in [0.15, 0.2) is 41.6 Å². The maximum absolute atomic E-state index is 13.3. The first-order chi connectivity index (χ1) is 19.4. The number of nitriles is 1. The molecule has 13 nitrogen and oxygen atoms in total. The summed E-state index contributed by atoms with van der Waals surface area (Å²) in [4.78, 5) is 39.2. The van der Waals surface area contributed by atoms with E-state index in [1.54, 1.807) is 0 Å². The molecule has 4 aromatic heterocycles. The van der Waals surface area contributed by atoms with Crippen LogP contribution in [0.25, 0.3) is 11.2 Å². The molecule has 0 bridgehead atoms. The number of aromatic nitrogens is 5. The van der Waals surface area contributed by atoms with Crippen LogP contribution in [0, 0.1) is 11.3 Å². The van der Waals surface area contributed by atoms with Gasteiger partial charge in [0.25, 0.3) is 5.56 Å². The summed E-state index contributed by atoms with van der Waals surface area (Å²) in [5.74, 6) is 0.401. The van der Waals surface area contributed by atoms with Crippen LogP contribution in [0.3, 0.4) is 0 Å².